The molecule has 0 aliphatic rings. The van der Waals surface area contributed by atoms with Gasteiger partial charge in [-0.15, -0.1) is 0 Å². The number of carbonyl (C=O) groups excluding carboxylic acids is 2. The van der Waals surface area contributed by atoms with Gasteiger partial charge in [-0.1, -0.05) is 6.42 Å². The van der Waals surface area contributed by atoms with Crippen molar-refractivity contribution in [3.05, 3.63) is 0 Å². The fraction of sp³-hybridized carbons (Fsp3) is 0.941. The number of amides is 2. The van der Waals surface area contributed by atoms with Gasteiger partial charge in [0.2, 0.25) is 11.8 Å². The standard InChI is InChI=1S/C34H69N3O14/c1-40-11-12-42-15-16-44-19-20-46-23-24-48-27-28-50-31-32-51-30-29-49-26-25-47-22-21-45-18-17-43-14-13-41-10-6-34(39)36-8-4-2-3-5-33(38)37-9-7-35/h2-32,35H2,1H3,(H,36,39)(H,37,38). The van der Waals surface area contributed by atoms with Gasteiger partial charge in [-0.3, -0.25) is 9.59 Å². The zero-order chi connectivity index (χ0) is 37.0. The molecule has 17 nitrogen and oxygen atoms in total. The minimum Gasteiger partial charge on any atom is -0.382 e. The molecular formula is C34H69N3O14. The molecule has 0 heterocycles. The minimum atomic E-state index is -0.0440. The fourth-order valence-corrected chi connectivity index (χ4v) is 3.81. The Morgan fingerprint density at radius 1 is 0.373 bits per heavy atom. The quantitative estimate of drug-likeness (QED) is 0.0703. The molecule has 4 N–H and O–H groups in total. The van der Waals surface area contributed by atoms with Crippen molar-refractivity contribution < 1.29 is 66.4 Å². The van der Waals surface area contributed by atoms with E-state index in [1.165, 1.54) is 0 Å². The van der Waals surface area contributed by atoms with Crippen molar-refractivity contribution in [2.75, 3.05) is 179 Å². The van der Waals surface area contributed by atoms with Crippen molar-refractivity contribution in [2.45, 2.75) is 32.1 Å². The molecule has 0 rings (SSSR count). The number of nitrogens with one attached hydrogen (secondary N) is 2. The van der Waals surface area contributed by atoms with Crippen LogP contribution in [0.5, 0.6) is 0 Å². The molecule has 0 bridgehead atoms. The van der Waals surface area contributed by atoms with E-state index in [-0.39, 0.29) is 11.8 Å². The average molecular weight is 744 g/mol. The maximum absolute atomic E-state index is 11.8. The maximum atomic E-state index is 11.8. The van der Waals surface area contributed by atoms with Crippen LogP contribution in [0.4, 0.5) is 0 Å². The molecule has 0 radical (unpaired) electrons. The Labute approximate surface area is 305 Å². The van der Waals surface area contributed by atoms with Crippen LogP contribution < -0.4 is 16.4 Å². The van der Waals surface area contributed by atoms with Crippen LogP contribution in [0.3, 0.4) is 0 Å². The predicted molar refractivity (Wildman–Crippen MR) is 189 cm³/mol. The van der Waals surface area contributed by atoms with Crippen LogP contribution in [0.1, 0.15) is 32.1 Å². The number of unbranched alkanes of at least 4 members (excludes halogenated alkanes) is 2. The van der Waals surface area contributed by atoms with E-state index in [0.29, 0.717) is 184 Å². The smallest absolute Gasteiger partial charge is 0.222 e. The summed E-state index contributed by atoms with van der Waals surface area (Å²) in [6.45, 7) is 12.9. The van der Waals surface area contributed by atoms with Crippen LogP contribution in [0.25, 0.3) is 0 Å². The van der Waals surface area contributed by atoms with Crippen molar-refractivity contribution in [3.63, 3.8) is 0 Å². The summed E-state index contributed by atoms with van der Waals surface area (Å²) in [5, 5.41) is 5.60. The molecule has 0 spiro atoms. The Morgan fingerprint density at radius 3 is 1.00 bits per heavy atom. The van der Waals surface area contributed by atoms with Gasteiger partial charge in [0.05, 0.1) is 152 Å². The average Bonchev–Trinajstić information content (AvgIpc) is 3.13. The van der Waals surface area contributed by atoms with E-state index in [9.17, 15) is 9.59 Å². The van der Waals surface area contributed by atoms with Crippen molar-refractivity contribution >= 4 is 11.8 Å². The van der Waals surface area contributed by atoms with Crippen LogP contribution in [0.2, 0.25) is 0 Å². The molecule has 304 valence electrons. The highest BCUT2D eigenvalue weighted by atomic mass is 16.6. The van der Waals surface area contributed by atoms with Gasteiger partial charge in [0.1, 0.15) is 0 Å². The molecule has 0 aromatic heterocycles. The first-order chi connectivity index (χ1) is 25.2. The van der Waals surface area contributed by atoms with Crippen molar-refractivity contribution in [1.29, 1.82) is 0 Å². The number of nitrogens with two attached hydrogens (primary N) is 1. The second-order valence-electron chi connectivity index (χ2n) is 10.8. The van der Waals surface area contributed by atoms with Gasteiger partial charge in [0, 0.05) is 39.6 Å². The molecule has 0 saturated carbocycles. The third-order valence-electron chi connectivity index (χ3n) is 6.49. The summed E-state index contributed by atoms with van der Waals surface area (Å²) in [5.74, 6) is -0.0236. The largest absolute Gasteiger partial charge is 0.382 e. The second-order valence-corrected chi connectivity index (χ2v) is 10.8. The van der Waals surface area contributed by atoms with E-state index < -0.39 is 0 Å². The van der Waals surface area contributed by atoms with Crippen molar-refractivity contribution in [2.24, 2.45) is 5.73 Å². The second kappa shape index (κ2) is 44.6. The Morgan fingerprint density at radius 2 is 0.667 bits per heavy atom. The molecule has 0 aromatic rings. The van der Waals surface area contributed by atoms with Crippen LogP contribution in [0.15, 0.2) is 0 Å². The molecule has 0 unspecified atom stereocenters. The van der Waals surface area contributed by atoms with E-state index in [4.69, 9.17) is 62.6 Å². The Kier molecular flexibility index (Phi) is 43.2. The van der Waals surface area contributed by atoms with Crippen LogP contribution in [0, 0.1) is 0 Å². The third kappa shape index (κ3) is 44.5. The molecule has 17 heteroatoms. The first-order valence-electron chi connectivity index (χ1n) is 18.3. The molecule has 51 heavy (non-hydrogen) atoms. The number of rotatable bonds is 44. The normalized spacial score (nSPS) is 11.3. The van der Waals surface area contributed by atoms with Gasteiger partial charge in [0.15, 0.2) is 0 Å². The summed E-state index contributed by atoms with van der Waals surface area (Å²) in [6, 6.07) is 0. The first kappa shape index (κ1) is 49.4. The Balaban J connectivity index is 3.13. The van der Waals surface area contributed by atoms with E-state index in [1.807, 2.05) is 0 Å². The lowest BCUT2D eigenvalue weighted by Gasteiger charge is -2.09. The lowest BCUT2D eigenvalue weighted by molar-refractivity contribution is -0.122. The van der Waals surface area contributed by atoms with Crippen LogP contribution in [-0.4, -0.2) is 191 Å². The van der Waals surface area contributed by atoms with Crippen LogP contribution >= 0.6 is 0 Å². The molecular weight excluding hydrogens is 674 g/mol. The molecule has 0 atom stereocenters. The van der Waals surface area contributed by atoms with E-state index >= 15 is 0 Å². The van der Waals surface area contributed by atoms with E-state index in [0.717, 1.165) is 19.3 Å². The third-order valence-corrected chi connectivity index (χ3v) is 6.49. The molecule has 2 amide bonds. The van der Waals surface area contributed by atoms with E-state index in [2.05, 4.69) is 10.6 Å². The molecule has 0 saturated heterocycles. The zero-order valence-corrected chi connectivity index (χ0v) is 31.2. The molecule has 0 aliphatic carbocycles. The first-order valence-corrected chi connectivity index (χ1v) is 18.3. The number of hydrogen-bond donors (Lipinski definition) is 3. The van der Waals surface area contributed by atoms with Gasteiger partial charge in [-0.2, -0.15) is 0 Å². The minimum absolute atomic E-state index is 0.0204. The lowest BCUT2D eigenvalue weighted by atomic mass is 10.2. The van der Waals surface area contributed by atoms with Gasteiger partial charge >= 0.3 is 0 Å². The summed E-state index contributed by atoms with van der Waals surface area (Å²) >= 11 is 0. The summed E-state index contributed by atoms with van der Waals surface area (Å²) in [7, 11) is 1.64. The van der Waals surface area contributed by atoms with Gasteiger partial charge < -0.3 is 73.2 Å². The molecule has 0 aliphatic heterocycles. The summed E-state index contributed by atoms with van der Waals surface area (Å²) in [4.78, 5) is 23.3. The monoisotopic (exact) mass is 743 g/mol. The van der Waals surface area contributed by atoms with Crippen molar-refractivity contribution in [3.8, 4) is 0 Å². The predicted octanol–water partition coefficient (Wildman–Crippen LogP) is -0.0430. The molecule has 0 aromatic carbocycles. The van der Waals surface area contributed by atoms with Gasteiger partial charge in [0.25, 0.3) is 0 Å². The molecule has 0 fully saturated rings. The fourth-order valence-electron chi connectivity index (χ4n) is 3.81. The zero-order valence-electron chi connectivity index (χ0n) is 31.2. The summed E-state index contributed by atoms with van der Waals surface area (Å²) < 4.78 is 64.8. The highest BCUT2D eigenvalue weighted by Gasteiger charge is 2.03. The highest BCUT2D eigenvalue weighted by Crippen LogP contribution is 1.99. The Hall–Kier alpha value is -1.58. The summed E-state index contributed by atoms with van der Waals surface area (Å²) in [6.07, 6.45) is 3.31. The lowest BCUT2D eigenvalue weighted by Crippen LogP contribution is -2.28. The highest BCUT2D eigenvalue weighted by molar-refractivity contribution is 5.76. The number of ether oxygens (including phenoxy) is 12. The van der Waals surface area contributed by atoms with Crippen molar-refractivity contribution in [1.82, 2.24) is 10.6 Å². The maximum Gasteiger partial charge on any atom is 0.222 e. The van der Waals surface area contributed by atoms with E-state index in [1.54, 1.807) is 7.11 Å². The Bertz CT molecular complexity index is 715. The summed E-state index contributed by atoms with van der Waals surface area (Å²) in [5.41, 5.74) is 5.35. The van der Waals surface area contributed by atoms with Gasteiger partial charge in [-0.25, -0.2) is 0 Å². The topological polar surface area (TPSA) is 195 Å². The number of methoxy groups -OCH3 is 1. The number of carbonyl (C=O) groups is 2. The SMILES string of the molecule is COCCOCCOCCOCCOCCOCCOCCOCCOCCOCCOCCOCCC(=O)NCCCCCC(=O)NCCN. The van der Waals surface area contributed by atoms with Crippen LogP contribution in [-0.2, 0) is 66.4 Å². The van der Waals surface area contributed by atoms with Gasteiger partial charge in [-0.05, 0) is 12.8 Å². The number of hydrogen-bond acceptors (Lipinski definition) is 15.